The van der Waals surface area contributed by atoms with Gasteiger partial charge in [-0.25, -0.2) is 15.0 Å². The van der Waals surface area contributed by atoms with E-state index in [-0.39, 0.29) is 0 Å². The number of fused-ring (bicyclic) bond motifs is 9. The van der Waals surface area contributed by atoms with Crippen molar-refractivity contribution >= 4 is 65.4 Å². The van der Waals surface area contributed by atoms with Gasteiger partial charge < -0.3 is 8.83 Å². The fraction of sp³-hybridized carbons (Fsp3) is 0. The molecule has 0 aliphatic carbocycles. The summed E-state index contributed by atoms with van der Waals surface area (Å²) in [5, 5.41) is 8.64. The van der Waals surface area contributed by atoms with Gasteiger partial charge in [-0.3, -0.25) is 0 Å². The summed E-state index contributed by atoms with van der Waals surface area (Å²) in [5.41, 5.74) is 10.4. The third-order valence-corrected chi connectivity index (χ3v) is 11.3. The average Bonchev–Trinajstić information content (AvgIpc) is 3.88. The summed E-state index contributed by atoms with van der Waals surface area (Å²) >= 11 is 0. The average molecular weight is 742 g/mol. The van der Waals surface area contributed by atoms with Crippen LogP contribution < -0.4 is 0 Å². The van der Waals surface area contributed by atoms with Gasteiger partial charge in [-0.15, -0.1) is 0 Å². The van der Waals surface area contributed by atoms with Crippen LogP contribution in [0.2, 0.25) is 0 Å². The van der Waals surface area contributed by atoms with Crippen molar-refractivity contribution in [1.82, 2.24) is 15.0 Å². The number of aromatic nitrogens is 3. The fourth-order valence-electron chi connectivity index (χ4n) is 8.61. The first-order valence-corrected chi connectivity index (χ1v) is 19.4. The summed E-state index contributed by atoms with van der Waals surface area (Å²) in [7, 11) is 0. The van der Waals surface area contributed by atoms with Gasteiger partial charge in [0.15, 0.2) is 17.5 Å². The molecule has 58 heavy (non-hydrogen) atoms. The molecule has 0 fully saturated rings. The van der Waals surface area contributed by atoms with Crippen molar-refractivity contribution in [1.29, 1.82) is 0 Å². The first-order valence-electron chi connectivity index (χ1n) is 19.4. The lowest BCUT2D eigenvalue weighted by Gasteiger charge is -2.12. The van der Waals surface area contributed by atoms with Crippen LogP contribution in [0.25, 0.3) is 122 Å². The van der Waals surface area contributed by atoms with Gasteiger partial charge in [0.05, 0.1) is 0 Å². The van der Waals surface area contributed by atoms with Crippen LogP contribution in [0, 0.1) is 0 Å². The summed E-state index contributed by atoms with van der Waals surface area (Å²) in [6, 6.07) is 65.0. The van der Waals surface area contributed by atoms with Crippen LogP contribution in [0.3, 0.4) is 0 Å². The predicted molar refractivity (Wildman–Crippen MR) is 237 cm³/mol. The Hall–Kier alpha value is -7.89. The molecular weight excluding hydrogens is 711 g/mol. The van der Waals surface area contributed by atoms with Crippen LogP contribution in [0.1, 0.15) is 0 Å². The quantitative estimate of drug-likeness (QED) is 0.176. The molecule has 0 saturated carbocycles. The molecule has 5 heteroatoms. The molecule has 0 amide bonds. The Morgan fingerprint density at radius 2 is 0.931 bits per heavy atom. The highest BCUT2D eigenvalue weighted by atomic mass is 16.3. The SMILES string of the molecule is c1ccc(-c2cccc(-c3nc(-c4cccc5c4ccc4oc6ccccc6c45)nc(-c4cccc5oc6c(-c7ccc8ccccc8c7)cccc6c45)n3)c2)cc1. The van der Waals surface area contributed by atoms with Gasteiger partial charge in [-0.1, -0.05) is 152 Å². The van der Waals surface area contributed by atoms with Gasteiger partial charge in [0, 0.05) is 43.8 Å². The molecular formula is C53H31N3O2. The zero-order chi connectivity index (χ0) is 38.2. The molecule has 0 spiro atoms. The number of para-hydroxylation sites is 2. The molecule has 9 aromatic carbocycles. The lowest BCUT2D eigenvalue weighted by Crippen LogP contribution is -2.01. The monoisotopic (exact) mass is 741 g/mol. The number of hydrogen-bond acceptors (Lipinski definition) is 5. The molecule has 3 heterocycles. The Labute approximate surface area is 332 Å². The Bertz CT molecular complexity index is 3580. The summed E-state index contributed by atoms with van der Waals surface area (Å²) in [4.78, 5) is 15.8. The van der Waals surface area contributed by atoms with Gasteiger partial charge >= 0.3 is 0 Å². The molecule has 5 nitrogen and oxygen atoms in total. The predicted octanol–water partition coefficient (Wildman–Crippen LogP) is 14.3. The van der Waals surface area contributed by atoms with Crippen LogP contribution >= 0.6 is 0 Å². The maximum absolute atomic E-state index is 6.75. The normalized spacial score (nSPS) is 11.8. The summed E-state index contributed by atoms with van der Waals surface area (Å²) in [6.07, 6.45) is 0. The van der Waals surface area contributed by atoms with E-state index < -0.39 is 0 Å². The molecule has 0 saturated heterocycles. The van der Waals surface area contributed by atoms with Crippen LogP contribution in [0.15, 0.2) is 197 Å². The minimum atomic E-state index is 0.571. The number of hydrogen-bond donors (Lipinski definition) is 0. The Balaban J connectivity index is 1.10. The molecule has 270 valence electrons. The minimum Gasteiger partial charge on any atom is -0.456 e. The summed E-state index contributed by atoms with van der Waals surface area (Å²) in [5.74, 6) is 1.75. The smallest absolute Gasteiger partial charge is 0.164 e. The maximum Gasteiger partial charge on any atom is 0.164 e. The Morgan fingerprint density at radius 1 is 0.293 bits per heavy atom. The van der Waals surface area contributed by atoms with Gasteiger partial charge in [-0.2, -0.15) is 0 Å². The number of furan rings is 2. The van der Waals surface area contributed by atoms with Gasteiger partial charge in [0.1, 0.15) is 22.3 Å². The first-order chi connectivity index (χ1) is 28.7. The van der Waals surface area contributed by atoms with Crippen molar-refractivity contribution in [2.24, 2.45) is 0 Å². The van der Waals surface area contributed by atoms with Crippen LogP contribution in [0.4, 0.5) is 0 Å². The molecule has 0 N–H and O–H groups in total. The molecule has 0 bridgehead atoms. The lowest BCUT2D eigenvalue weighted by atomic mass is 9.98. The van der Waals surface area contributed by atoms with E-state index in [9.17, 15) is 0 Å². The van der Waals surface area contributed by atoms with Gasteiger partial charge in [-0.05, 0) is 74.6 Å². The molecule has 12 aromatic rings. The van der Waals surface area contributed by atoms with Crippen molar-refractivity contribution < 1.29 is 8.83 Å². The van der Waals surface area contributed by atoms with E-state index in [4.69, 9.17) is 23.8 Å². The van der Waals surface area contributed by atoms with Crippen LogP contribution in [-0.4, -0.2) is 15.0 Å². The third-order valence-electron chi connectivity index (χ3n) is 11.3. The molecule has 0 radical (unpaired) electrons. The zero-order valence-corrected chi connectivity index (χ0v) is 31.1. The highest BCUT2D eigenvalue weighted by Gasteiger charge is 2.21. The highest BCUT2D eigenvalue weighted by Crippen LogP contribution is 2.42. The van der Waals surface area contributed by atoms with E-state index in [0.717, 1.165) is 93.6 Å². The maximum atomic E-state index is 6.75. The summed E-state index contributed by atoms with van der Waals surface area (Å²) in [6.45, 7) is 0. The fourth-order valence-corrected chi connectivity index (χ4v) is 8.61. The van der Waals surface area contributed by atoms with E-state index >= 15 is 0 Å². The Morgan fingerprint density at radius 3 is 1.84 bits per heavy atom. The Kier molecular flexibility index (Phi) is 7.16. The van der Waals surface area contributed by atoms with E-state index in [2.05, 4.69) is 158 Å². The van der Waals surface area contributed by atoms with Crippen molar-refractivity contribution in [3.05, 3.63) is 188 Å². The first kappa shape index (κ1) is 32.4. The lowest BCUT2D eigenvalue weighted by molar-refractivity contribution is 0.669. The van der Waals surface area contributed by atoms with Crippen molar-refractivity contribution in [2.45, 2.75) is 0 Å². The summed E-state index contributed by atoms with van der Waals surface area (Å²) < 4.78 is 13.0. The highest BCUT2D eigenvalue weighted by molar-refractivity contribution is 6.21. The number of rotatable bonds is 5. The topological polar surface area (TPSA) is 65.0 Å². The van der Waals surface area contributed by atoms with Crippen LogP contribution in [0.5, 0.6) is 0 Å². The van der Waals surface area contributed by atoms with Crippen molar-refractivity contribution in [2.75, 3.05) is 0 Å². The van der Waals surface area contributed by atoms with E-state index in [1.54, 1.807) is 0 Å². The second kappa shape index (κ2) is 12.8. The van der Waals surface area contributed by atoms with Crippen LogP contribution in [-0.2, 0) is 0 Å². The van der Waals surface area contributed by atoms with Crippen molar-refractivity contribution in [3.8, 4) is 56.4 Å². The molecule has 3 aromatic heterocycles. The van der Waals surface area contributed by atoms with Gasteiger partial charge in [0.2, 0.25) is 0 Å². The second-order valence-electron chi connectivity index (χ2n) is 14.7. The zero-order valence-electron chi connectivity index (χ0n) is 31.1. The van der Waals surface area contributed by atoms with E-state index in [1.807, 2.05) is 30.3 Å². The molecule has 0 unspecified atom stereocenters. The number of nitrogens with zero attached hydrogens (tertiary/aromatic N) is 3. The largest absolute Gasteiger partial charge is 0.456 e. The molecule has 0 atom stereocenters. The standard InChI is InChI=1S/C53H31N3O2/c1-2-12-32(13-3-1)35-16-8-17-37(31-35)51-54-52(41-21-10-20-40-39(41)28-29-47-48(40)42-18-6-7-24-45(42)57-47)56-53(55-51)44-23-11-25-46-49(44)43-22-9-19-38(50(43)58-46)36-27-26-33-14-4-5-15-34(33)30-36/h1-31H. The third kappa shape index (κ3) is 5.14. The van der Waals surface area contributed by atoms with E-state index in [0.29, 0.717) is 17.5 Å². The van der Waals surface area contributed by atoms with Gasteiger partial charge in [0.25, 0.3) is 0 Å². The molecule has 0 aliphatic heterocycles. The van der Waals surface area contributed by atoms with E-state index in [1.165, 1.54) is 10.8 Å². The number of benzene rings is 9. The molecule has 0 aliphatic rings. The second-order valence-corrected chi connectivity index (χ2v) is 14.7. The minimum absolute atomic E-state index is 0.571. The van der Waals surface area contributed by atoms with Crippen molar-refractivity contribution in [3.63, 3.8) is 0 Å². The molecule has 12 rings (SSSR count).